The maximum Gasteiger partial charge on any atom is 0.0471 e. The van der Waals surface area contributed by atoms with Gasteiger partial charge in [0.05, 0.1) is 0 Å². The summed E-state index contributed by atoms with van der Waals surface area (Å²) in [6.07, 6.45) is 2.36. The van der Waals surface area contributed by atoms with Crippen LogP contribution < -0.4 is 10.2 Å². The molecule has 1 N–H and O–H groups in total. The van der Waals surface area contributed by atoms with Crippen LogP contribution in [0.2, 0.25) is 5.02 Å². The van der Waals surface area contributed by atoms with E-state index in [9.17, 15) is 0 Å². The van der Waals surface area contributed by atoms with Crippen molar-refractivity contribution >= 4 is 17.3 Å². The van der Waals surface area contributed by atoms with Gasteiger partial charge in [-0.25, -0.2) is 0 Å². The average Bonchev–Trinajstić information content (AvgIpc) is 2.41. The minimum atomic E-state index is 0.203. The van der Waals surface area contributed by atoms with Crippen LogP contribution >= 0.6 is 11.6 Å². The number of hydrogen-bond donors (Lipinski definition) is 1. The van der Waals surface area contributed by atoms with Gasteiger partial charge in [-0.3, -0.25) is 0 Å². The van der Waals surface area contributed by atoms with Gasteiger partial charge in [0.25, 0.3) is 0 Å². The molecule has 1 heterocycles. The predicted octanol–water partition coefficient (Wildman–Crippen LogP) is 4.95. The van der Waals surface area contributed by atoms with Crippen LogP contribution in [0, 0.1) is 0 Å². The molecule has 1 aliphatic heterocycles. The van der Waals surface area contributed by atoms with Crippen LogP contribution in [0.1, 0.15) is 64.5 Å². The Kier molecular flexibility index (Phi) is 5.21. The highest BCUT2D eigenvalue weighted by molar-refractivity contribution is 6.31. The summed E-state index contributed by atoms with van der Waals surface area (Å²) in [5.74, 6) is 0.584. The molecule has 0 bridgehead atoms. The zero-order chi connectivity index (χ0) is 15.6. The highest BCUT2D eigenvalue weighted by Gasteiger charge is 2.36. The first-order valence-electron chi connectivity index (χ1n) is 8.21. The van der Waals surface area contributed by atoms with E-state index in [4.69, 9.17) is 11.6 Å². The fourth-order valence-corrected chi connectivity index (χ4v) is 3.82. The smallest absolute Gasteiger partial charge is 0.0471 e. The first-order valence-corrected chi connectivity index (χ1v) is 8.59. The summed E-state index contributed by atoms with van der Waals surface area (Å²) in [4.78, 5) is 2.55. The van der Waals surface area contributed by atoms with Crippen molar-refractivity contribution in [1.29, 1.82) is 0 Å². The normalized spacial score (nSPS) is 20.5. The second-order valence-corrected chi connectivity index (χ2v) is 7.26. The molecule has 1 aliphatic rings. The van der Waals surface area contributed by atoms with E-state index in [0.717, 1.165) is 31.1 Å². The summed E-state index contributed by atoms with van der Waals surface area (Å²) in [5, 5.41) is 4.27. The standard InChI is InChI=1S/C18H29ClN2/c1-6-8-21-17-10-16(19)14(12-20-7-2)9-15(17)13(3)11-18(21,4)5/h9-10,13,20H,6-8,11-12H2,1-5H3/t13-/m0/s1. The lowest BCUT2D eigenvalue weighted by Gasteiger charge is -2.48. The third-order valence-corrected chi connectivity index (χ3v) is 4.92. The molecule has 3 heteroatoms. The van der Waals surface area contributed by atoms with Gasteiger partial charge >= 0.3 is 0 Å². The van der Waals surface area contributed by atoms with Crippen molar-refractivity contribution in [3.8, 4) is 0 Å². The monoisotopic (exact) mass is 308 g/mol. The topological polar surface area (TPSA) is 15.3 Å². The van der Waals surface area contributed by atoms with Gasteiger partial charge in [0, 0.05) is 29.3 Å². The number of halogens is 1. The van der Waals surface area contributed by atoms with Gasteiger partial charge in [0.1, 0.15) is 0 Å². The van der Waals surface area contributed by atoms with Gasteiger partial charge in [0.2, 0.25) is 0 Å². The van der Waals surface area contributed by atoms with E-state index in [2.05, 4.69) is 57.0 Å². The van der Waals surface area contributed by atoms with Crippen molar-refractivity contribution < 1.29 is 0 Å². The summed E-state index contributed by atoms with van der Waals surface area (Å²) in [5.41, 5.74) is 4.22. The lowest BCUT2D eigenvalue weighted by Crippen LogP contribution is -2.48. The van der Waals surface area contributed by atoms with Crippen molar-refractivity contribution in [1.82, 2.24) is 5.32 Å². The summed E-state index contributed by atoms with van der Waals surface area (Å²) < 4.78 is 0. The molecule has 0 amide bonds. The van der Waals surface area contributed by atoms with E-state index >= 15 is 0 Å². The fourth-order valence-electron chi connectivity index (χ4n) is 3.59. The summed E-state index contributed by atoms with van der Waals surface area (Å²) in [6, 6.07) is 4.51. The van der Waals surface area contributed by atoms with Crippen molar-refractivity contribution in [2.24, 2.45) is 0 Å². The molecule has 118 valence electrons. The highest BCUT2D eigenvalue weighted by Crippen LogP contribution is 2.45. The van der Waals surface area contributed by atoms with Crippen LogP contribution in [0.3, 0.4) is 0 Å². The van der Waals surface area contributed by atoms with E-state index in [1.165, 1.54) is 23.2 Å². The molecule has 2 rings (SSSR count). The molecule has 1 atom stereocenters. The Balaban J connectivity index is 2.45. The van der Waals surface area contributed by atoms with Crippen LogP contribution in [-0.4, -0.2) is 18.6 Å². The molecule has 0 saturated heterocycles. The predicted molar refractivity (Wildman–Crippen MR) is 93.6 cm³/mol. The third-order valence-electron chi connectivity index (χ3n) is 4.57. The number of benzene rings is 1. The van der Waals surface area contributed by atoms with E-state index in [1.807, 2.05) is 0 Å². The minimum Gasteiger partial charge on any atom is -0.366 e. The van der Waals surface area contributed by atoms with E-state index < -0.39 is 0 Å². The number of fused-ring (bicyclic) bond motifs is 1. The van der Waals surface area contributed by atoms with Crippen molar-refractivity contribution in [3.63, 3.8) is 0 Å². The molecular weight excluding hydrogens is 280 g/mol. The van der Waals surface area contributed by atoms with Crippen molar-refractivity contribution in [2.75, 3.05) is 18.0 Å². The second-order valence-electron chi connectivity index (χ2n) is 6.85. The maximum atomic E-state index is 6.54. The lowest BCUT2D eigenvalue weighted by molar-refractivity contribution is 0.376. The van der Waals surface area contributed by atoms with Gasteiger partial charge in [-0.05, 0) is 56.3 Å². The van der Waals surface area contributed by atoms with Gasteiger partial charge < -0.3 is 10.2 Å². The van der Waals surface area contributed by atoms with Gasteiger partial charge in [-0.2, -0.15) is 0 Å². The molecule has 2 nitrogen and oxygen atoms in total. The van der Waals surface area contributed by atoms with E-state index in [1.54, 1.807) is 0 Å². The first-order chi connectivity index (χ1) is 9.90. The maximum absolute atomic E-state index is 6.54. The molecule has 0 spiro atoms. The lowest BCUT2D eigenvalue weighted by atomic mass is 9.79. The average molecular weight is 309 g/mol. The Labute approximate surface area is 134 Å². The fraction of sp³-hybridized carbons (Fsp3) is 0.667. The van der Waals surface area contributed by atoms with Crippen LogP contribution in [0.4, 0.5) is 5.69 Å². The minimum absolute atomic E-state index is 0.203. The van der Waals surface area contributed by atoms with E-state index in [-0.39, 0.29) is 5.54 Å². The molecule has 0 aliphatic carbocycles. The molecule has 0 aromatic heterocycles. The zero-order valence-corrected chi connectivity index (χ0v) is 14.8. The molecule has 1 aromatic carbocycles. The molecule has 0 unspecified atom stereocenters. The molecule has 0 saturated carbocycles. The Morgan fingerprint density at radius 2 is 2.05 bits per heavy atom. The summed E-state index contributed by atoms with van der Waals surface area (Å²) >= 11 is 6.54. The summed E-state index contributed by atoms with van der Waals surface area (Å²) in [6.45, 7) is 14.3. The number of rotatable bonds is 5. The highest BCUT2D eigenvalue weighted by atomic mass is 35.5. The molecular formula is C18H29ClN2. The van der Waals surface area contributed by atoms with E-state index in [0.29, 0.717) is 5.92 Å². The Hall–Kier alpha value is -0.730. The van der Waals surface area contributed by atoms with Gasteiger partial charge in [-0.15, -0.1) is 0 Å². The van der Waals surface area contributed by atoms with Crippen LogP contribution in [0.5, 0.6) is 0 Å². The van der Waals surface area contributed by atoms with Crippen LogP contribution in [0.15, 0.2) is 12.1 Å². The third kappa shape index (κ3) is 3.37. The second kappa shape index (κ2) is 6.58. The largest absolute Gasteiger partial charge is 0.366 e. The quantitative estimate of drug-likeness (QED) is 0.827. The van der Waals surface area contributed by atoms with Crippen LogP contribution in [-0.2, 0) is 6.54 Å². The molecule has 21 heavy (non-hydrogen) atoms. The number of nitrogens with one attached hydrogen (secondary N) is 1. The first kappa shape index (κ1) is 16.6. The molecule has 0 fully saturated rings. The van der Waals surface area contributed by atoms with Crippen LogP contribution in [0.25, 0.3) is 0 Å². The number of nitrogens with zero attached hydrogens (tertiary/aromatic N) is 1. The van der Waals surface area contributed by atoms with Crippen molar-refractivity contribution in [2.45, 2.75) is 65.5 Å². The Morgan fingerprint density at radius 1 is 1.33 bits per heavy atom. The Morgan fingerprint density at radius 3 is 2.67 bits per heavy atom. The number of anilines is 1. The SMILES string of the molecule is CCCN1c2cc(Cl)c(CNCC)cc2[C@@H](C)CC1(C)C. The van der Waals surface area contributed by atoms with Crippen molar-refractivity contribution in [3.05, 3.63) is 28.3 Å². The van der Waals surface area contributed by atoms with Gasteiger partial charge in [0.15, 0.2) is 0 Å². The van der Waals surface area contributed by atoms with Gasteiger partial charge in [-0.1, -0.05) is 38.4 Å². The Bertz CT molecular complexity index is 496. The molecule has 1 aromatic rings. The number of hydrogen-bond acceptors (Lipinski definition) is 2. The summed E-state index contributed by atoms with van der Waals surface area (Å²) in [7, 11) is 0. The molecule has 0 radical (unpaired) electrons. The zero-order valence-electron chi connectivity index (χ0n) is 14.1.